The Balaban J connectivity index is 1.26. The highest BCUT2D eigenvalue weighted by Crippen LogP contribution is 2.37. The van der Waals surface area contributed by atoms with Crippen LogP contribution in [0.2, 0.25) is 0 Å². The molecule has 0 aliphatic heterocycles. The molecule has 0 heteroatoms. The first-order chi connectivity index (χ1) is 23.8. The summed E-state index contributed by atoms with van der Waals surface area (Å²) in [4.78, 5) is 0. The lowest BCUT2D eigenvalue weighted by Gasteiger charge is -2.29. The molecule has 0 nitrogen and oxygen atoms in total. The summed E-state index contributed by atoms with van der Waals surface area (Å²) in [6, 6.07) is 37.2. The van der Waals surface area contributed by atoms with Crippen molar-refractivity contribution in [1.82, 2.24) is 0 Å². The molecule has 4 aromatic rings. The average Bonchev–Trinajstić information content (AvgIpc) is 3.14. The van der Waals surface area contributed by atoms with Crippen LogP contribution in [0, 0.1) is 11.8 Å². The van der Waals surface area contributed by atoms with E-state index in [4.69, 9.17) is 0 Å². The molecule has 48 heavy (non-hydrogen) atoms. The Morgan fingerprint density at radius 3 is 1.62 bits per heavy atom. The van der Waals surface area contributed by atoms with E-state index in [-0.39, 0.29) is 0 Å². The van der Waals surface area contributed by atoms with Crippen LogP contribution in [0.3, 0.4) is 0 Å². The van der Waals surface area contributed by atoms with Gasteiger partial charge in [0, 0.05) is 11.8 Å². The minimum atomic E-state index is 0.353. The zero-order chi connectivity index (χ0) is 32.4. The van der Waals surface area contributed by atoms with Crippen molar-refractivity contribution in [2.24, 2.45) is 11.8 Å². The normalized spacial score (nSPS) is 20.0. The summed E-state index contributed by atoms with van der Waals surface area (Å²) < 4.78 is 0. The van der Waals surface area contributed by atoms with Crippen molar-refractivity contribution in [3.8, 4) is 0 Å². The van der Waals surface area contributed by atoms with Crippen LogP contribution in [0.4, 0.5) is 0 Å². The Labute approximate surface area is 287 Å². The number of benzene rings is 4. The molecule has 4 bridgehead atoms. The van der Waals surface area contributed by atoms with E-state index in [1.165, 1.54) is 55.7 Å². The van der Waals surface area contributed by atoms with E-state index in [9.17, 15) is 0 Å². The van der Waals surface area contributed by atoms with Gasteiger partial charge in [0.2, 0.25) is 0 Å². The van der Waals surface area contributed by atoms with Gasteiger partial charge in [-0.3, -0.25) is 0 Å². The summed E-state index contributed by atoms with van der Waals surface area (Å²) in [7, 11) is 0. The standard InChI is InChI=1S/C48H44/c1-5-13-37(14-6-1)21-25-41-33-46-31-32-48-36-43(27-23-39-17-9-3-10-18-39)47(35-44(48)28-24-40-19-11-4-12-20-40)30-29-45(41)34-42(46)26-22-38-15-7-2-8-16-38/h1-19,21-27,33-36,45-46H,20,28-32H2/b25-21-,26-22+,27-23+,40-24-. The minimum Gasteiger partial charge on any atom is -0.0801 e. The second kappa shape index (κ2) is 15.6. The number of rotatable bonds is 8. The summed E-state index contributed by atoms with van der Waals surface area (Å²) in [6.45, 7) is 0. The van der Waals surface area contributed by atoms with Gasteiger partial charge >= 0.3 is 0 Å². The van der Waals surface area contributed by atoms with E-state index in [1.807, 2.05) is 0 Å². The predicted molar refractivity (Wildman–Crippen MR) is 207 cm³/mol. The summed E-state index contributed by atoms with van der Waals surface area (Å²) in [5.74, 6) is 0.711. The molecule has 0 saturated carbocycles. The minimum absolute atomic E-state index is 0.353. The van der Waals surface area contributed by atoms with Crippen molar-refractivity contribution in [1.29, 1.82) is 0 Å². The second-order valence-electron chi connectivity index (χ2n) is 13.2. The van der Waals surface area contributed by atoms with Gasteiger partial charge in [-0.2, -0.15) is 0 Å². The molecule has 0 radical (unpaired) electrons. The Morgan fingerprint density at radius 1 is 0.542 bits per heavy atom. The molecule has 0 N–H and O–H groups in total. The van der Waals surface area contributed by atoms with E-state index in [0.29, 0.717) is 11.8 Å². The molecule has 0 spiro atoms. The predicted octanol–water partition coefficient (Wildman–Crippen LogP) is 12.2. The molecule has 6 aliphatic rings. The first-order valence-electron chi connectivity index (χ1n) is 17.6. The van der Waals surface area contributed by atoms with Gasteiger partial charge in [0.05, 0.1) is 0 Å². The number of aryl methyl sites for hydroxylation is 2. The average molecular weight is 621 g/mol. The van der Waals surface area contributed by atoms with Gasteiger partial charge in [-0.25, -0.2) is 0 Å². The van der Waals surface area contributed by atoms with E-state index in [0.717, 1.165) is 38.5 Å². The van der Waals surface area contributed by atoms with Gasteiger partial charge in [-0.1, -0.05) is 182 Å². The van der Waals surface area contributed by atoms with Crippen LogP contribution >= 0.6 is 0 Å². The largest absolute Gasteiger partial charge is 0.0801 e. The lowest BCUT2D eigenvalue weighted by atomic mass is 9.76. The van der Waals surface area contributed by atoms with Crippen molar-refractivity contribution in [2.45, 2.75) is 38.5 Å². The molecule has 6 aliphatic carbocycles. The lowest BCUT2D eigenvalue weighted by molar-refractivity contribution is 0.604. The van der Waals surface area contributed by atoms with E-state index >= 15 is 0 Å². The van der Waals surface area contributed by atoms with Gasteiger partial charge < -0.3 is 0 Å². The number of allylic oxidation sites excluding steroid dienone is 12. The first-order valence-corrected chi connectivity index (χ1v) is 17.6. The molecule has 2 unspecified atom stereocenters. The molecule has 0 fully saturated rings. The van der Waals surface area contributed by atoms with E-state index in [2.05, 4.69) is 182 Å². The molecule has 0 heterocycles. The fourth-order valence-electron chi connectivity index (χ4n) is 7.12. The fraction of sp³-hybridized carbons (Fsp3) is 0.167. The fourth-order valence-corrected chi connectivity index (χ4v) is 7.12. The zero-order valence-corrected chi connectivity index (χ0v) is 27.7. The molecular weight excluding hydrogens is 577 g/mol. The Morgan fingerprint density at radius 2 is 1.08 bits per heavy atom. The van der Waals surface area contributed by atoms with Crippen LogP contribution in [-0.4, -0.2) is 0 Å². The van der Waals surface area contributed by atoms with Crippen LogP contribution in [0.25, 0.3) is 24.3 Å². The molecule has 10 rings (SSSR count). The van der Waals surface area contributed by atoms with Gasteiger partial charge in [0.25, 0.3) is 0 Å². The molecule has 2 atom stereocenters. The maximum Gasteiger partial charge on any atom is 0.00242 e. The van der Waals surface area contributed by atoms with Crippen LogP contribution in [0.1, 0.15) is 58.2 Å². The number of hydrogen-bond donors (Lipinski definition) is 0. The number of hydrogen-bond acceptors (Lipinski definition) is 0. The van der Waals surface area contributed by atoms with Crippen molar-refractivity contribution < 1.29 is 0 Å². The first kappa shape index (κ1) is 31.4. The van der Waals surface area contributed by atoms with Crippen molar-refractivity contribution >= 4 is 24.3 Å². The SMILES string of the molecule is C1=CC/C(=C\Cc2cc3c(/C=C/c4ccccc4)cc2CCC2C=C(/C=C\c4ccccc4)C(C=C2/C=C/c2ccccc2)CC3)C=C1. The van der Waals surface area contributed by atoms with Crippen LogP contribution in [0.15, 0.2) is 175 Å². The third kappa shape index (κ3) is 8.20. The smallest absolute Gasteiger partial charge is 0.00242 e. The van der Waals surface area contributed by atoms with Crippen LogP contribution in [-0.2, 0) is 19.3 Å². The molecular formula is C48H44. The topological polar surface area (TPSA) is 0 Å². The molecule has 0 saturated heterocycles. The van der Waals surface area contributed by atoms with Crippen molar-refractivity contribution in [2.75, 3.05) is 0 Å². The van der Waals surface area contributed by atoms with Crippen LogP contribution < -0.4 is 0 Å². The maximum atomic E-state index is 2.58. The van der Waals surface area contributed by atoms with Crippen molar-refractivity contribution in [3.05, 3.63) is 213 Å². The second-order valence-corrected chi connectivity index (χ2v) is 13.2. The van der Waals surface area contributed by atoms with E-state index in [1.54, 1.807) is 0 Å². The third-order valence-electron chi connectivity index (χ3n) is 9.84. The monoisotopic (exact) mass is 620 g/mol. The molecule has 236 valence electrons. The Kier molecular flexibility index (Phi) is 10.2. The van der Waals surface area contributed by atoms with E-state index < -0.39 is 0 Å². The zero-order valence-electron chi connectivity index (χ0n) is 27.7. The third-order valence-corrected chi connectivity index (χ3v) is 9.84. The highest BCUT2D eigenvalue weighted by molar-refractivity contribution is 5.72. The summed E-state index contributed by atoms with van der Waals surface area (Å²) in [5, 5.41) is 0. The van der Waals surface area contributed by atoms with Gasteiger partial charge in [0.1, 0.15) is 0 Å². The lowest BCUT2D eigenvalue weighted by Crippen LogP contribution is -2.16. The van der Waals surface area contributed by atoms with Crippen molar-refractivity contribution in [3.63, 3.8) is 0 Å². The summed E-state index contributed by atoms with van der Waals surface area (Å²) >= 11 is 0. The summed E-state index contributed by atoms with van der Waals surface area (Å²) in [6.07, 6.45) is 36.6. The van der Waals surface area contributed by atoms with Gasteiger partial charge in [-0.15, -0.1) is 0 Å². The van der Waals surface area contributed by atoms with Gasteiger partial charge in [-0.05, 0) is 94.2 Å². The van der Waals surface area contributed by atoms with Crippen LogP contribution in [0.5, 0.6) is 0 Å². The highest BCUT2D eigenvalue weighted by Gasteiger charge is 2.24. The quantitative estimate of drug-likeness (QED) is 0.172. The molecule has 0 aromatic heterocycles. The Hall–Kier alpha value is -5.20. The molecule has 4 aromatic carbocycles. The highest BCUT2D eigenvalue weighted by atomic mass is 14.3. The molecule has 0 amide bonds. The Bertz CT molecular complexity index is 1940. The maximum absolute atomic E-state index is 2.58. The van der Waals surface area contributed by atoms with Gasteiger partial charge in [0.15, 0.2) is 0 Å². The summed E-state index contributed by atoms with van der Waals surface area (Å²) in [5.41, 5.74) is 13.8.